The van der Waals surface area contributed by atoms with Gasteiger partial charge in [-0.1, -0.05) is 25.1 Å². The van der Waals surface area contributed by atoms with Crippen molar-refractivity contribution in [1.29, 1.82) is 0 Å². The molecule has 2 aromatic rings. The molecule has 1 heterocycles. The normalized spacial score (nSPS) is 15.3. The van der Waals surface area contributed by atoms with Crippen LogP contribution >= 0.6 is 11.3 Å². The highest BCUT2D eigenvalue weighted by Crippen LogP contribution is 2.33. The lowest BCUT2D eigenvalue weighted by molar-refractivity contribution is 0.629. The zero-order valence-electron chi connectivity index (χ0n) is 12.6. The largest absolute Gasteiger partial charge is 0.306 e. The molecule has 20 heavy (non-hydrogen) atoms. The molecule has 2 heteroatoms. The SMILES string of the molecule is CCNC(c1ccc2c(c1)CCC2)c1cc(C)sc1C. The van der Waals surface area contributed by atoms with Crippen molar-refractivity contribution >= 4 is 11.3 Å². The monoisotopic (exact) mass is 285 g/mol. The van der Waals surface area contributed by atoms with Crippen molar-refractivity contribution in [1.82, 2.24) is 5.32 Å². The second kappa shape index (κ2) is 5.71. The molecule has 0 spiro atoms. The summed E-state index contributed by atoms with van der Waals surface area (Å²) in [6, 6.07) is 9.79. The van der Waals surface area contributed by atoms with Crippen LogP contribution in [0.5, 0.6) is 0 Å². The predicted molar refractivity (Wildman–Crippen MR) is 87.8 cm³/mol. The highest BCUT2D eigenvalue weighted by atomic mass is 32.1. The molecular weight excluding hydrogens is 262 g/mol. The summed E-state index contributed by atoms with van der Waals surface area (Å²) in [4.78, 5) is 2.84. The molecule has 1 aliphatic carbocycles. The second-order valence-corrected chi connectivity index (χ2v) is 7.20. The van der Waals surface area contributed by atoms with E-state index in [0.717, 1.165) is 6.54 Å². The lowest BCUT2D eigenvalue weighted by Gasteiger charge is -2.19. The Labute approximate surface area is 126 Å². The summed E-state index contributed by atoms with van der Waals surface area (Å²) in [5.74, 6) is 0. The fourth-order valence-electron chi connectivity index (χ4n) is 3.32. The van der Waals surface area contributed by atoms with E-state index < -0.39 is 0 Å². The maximum atomic E-state index is 3.67. The van der Waals surface area contributed by atoms with Gasteiger partial charge in [-0.15, -0.1) is 11.3 Å². The lowest BCUT2D eigenvalue weighted by atomic mass is 9.96. The summed E-state index contributed by atoms with van der Waals surface area (Å²) < 4.78 is 0. The van der Waals surface area contributed by atoms with Gasteiger partial charge in [0, 0.05) is 9.75 Å². The van der Waals surface area contributed by atoms with Crippen LogP contribution in [-0.2, 0) is 12.8 Å². The first-order valence-corrected chi connectivity index (χ1v) is 8.42. The molecule has 1 aromatic heterocycles. The molecule has 0 saturated heterocycles. The summed E-state index contributed by atoms with van der Waals surface area (Å²) in [7, 11) is 0. The molecule has 1 aromatic carbocycles. The van der Waals surface area contributed by atoms with Crippen LogP contribution in [0.1, 0.15) is 51.4 Å². The Kier molecular flexibility index (Phi) is 3.95. The molecule has 0 fully saturated rings. The third kappa shape index (κ3) is 2.55. The molecule has 1 aliphatic rings. The molecule has 1 unspecified atom stereocenters. The van der Waals surface area contributed by atoms with E-state index in [1.165, 1.54) is 40.1 Å². The number of hydrogen-bond donors (Lipinski definition) is 1. The smallest absolute Gasteiger partial charge is 0.0587 e. The van der Waals surface area contributed by atoms with Gasteiger partial charge in [-0.05, 0) is 68.0 Å². The van der Waals surface area contributed by atoms with Gasteiger partial charge in [0.2, 0.25) is 0 Å². The van der Waals surface area contributed by atoms with Gasteiger partial charge in [0.1, 0.15) is 0 Å². The summed E-state index contributed by atoms with van der Waals surface area (Å²) in [6.45, 7) is 7.63. The maximum absolute atomic E-state index is 3.67. The van der Waals surface area contributed by atoms with Crippen molar-refractivity contribution in [2.24, 2.45) is 0 Å². The van der Waals surface area contributed by atoms with Crippen LogP contribution in [0.2, 0.25) is 0 Å². The van der Waals surface area contributed by atoms with E-state index in [2.05, 4.69) is 50.4 Å². The van der Waals surface area contributed by atoms with Crippen LogP contribution in [0, 0.1) is 13.8 Å². The van der Waals surface area contributed by atoms with Crippen LogP contribution in [0.3, 0.4) is 0 Å². The van der Waals surface area contributed by atoms with Crippen molar-refractivity contribution in [3.05, 3.63) is 56.3 Å². The van der Waals surface area contributed by atoms with Gasteiger partial charge in [0.15, 0.2) is 0 Å². The van der Waals surface area contributed by atoms with Gasteiger partial charge in [0.05, 0.1) is 6.04 Å². The molecule has 1 N–H and O–H groups in total. The highest BCUT2D eigenvalue weighted by molar-refractivity contribution is 7.12. The first-order chi connectivity index (χ1) is 9.69. The van der Waals surface area contributed by atoms with Crippen LogP contribution in [-0.4, -0.2) is 6.54 Å². The molecule has 106 valence electrons. The standard InChI is InChI=1S/C18H23NS/c1-4-19-18(17-10-12(2)20-13(17)3)16-9-8-14-6-5-7-15(14)11-16/h8-11,18-19H,4-7H2,1-3H3. The molecule has 3 rings (SSSR count). The number of thiophene rings is 1. The van der Waals surface area contributed by atoms with Gasteiger partial charge in [-0.3, -0.25) is 0 Å². The summed E-state index contributed by atoms with van der Waals surface area (Å²) in [6.07, 6.45) is 3.84. The van der Waals surface area contributed by atoms with Crippen molar-refractivity contribution in [3.63, 3.8) is 0 Å². The van der Waals surface area contributed by atoms with Crippen LogP contribution < -0.4 is 5.32 Å². The Hall–Kier alpha value is -1.12. The van der Waals surface area contributed by atoms with Crippen molar-refractivity contribution in [2.45, 2.75) is 46.1 Å². The molecule has 0 bridgehead atoms. The lowest BCUT2D eigenvalue weighted by Crippen LogP contribution is -2.22. The quantitative estimate of drug-likeness (QED) is 0.869. The number of fused-ring (bicyclic) bond motifs is 1. The highest BCUT2D eigenvalue weighted by Gasteiger charge is 2.19. The molecule has 0 saturated carbocycles. The van der Waals surface area contributed by atoms with Crippen LogP contribution in [0.25, 0.3) is 0 Å². The Morgan fingerprint density at radius 2 is 1.95 bits per heavy atom. The topological polar surface area (TPSA) is 12.0 Å². The van der Waals surface area contributed by atoms with E-state index >= 15 is 0 Å². The van der Waals surface area contributed by atoms with E-state index in [4.69, 9.17) is 0 Å². The minimum atomic E-state index is 0.343. The Balaban J connectivity index is 2.00. The maximum Gasteiger partial charge on any atom is 0.0587 e. The third-order valence-corrected chi connectivity index (χ3v) is 5.24. The summed E-state index contributed by atoms with van der Waals surface area (Å²) >= 11 is 1.90. The molecular formula is C18H23NS. The Morgan fingerprint density at radius 1 is 1.15 bits per heavy atom. The number of hydrogen-bond acceptors (Lipinski definition) is 2. The van der Waals surface area contributed by atoms with Crippen molar-refractivity contribution in [2.75, 3.05) is 6.54 Å². The van der Waals surface area contributed by atoms with E-state index in [9.17, 15) is 0 Å². The van der Waals surface area contributed by atoms with Crippen molar-refractivity contribution < 1.29 is 0 Å². The van der Waals surface area contributed by atoms with E-state index in [1.807, 2.05) is 11.3 Å². The average Bonchev–Trinajstić information content (AvgIpc) is 3.01. The van der Waals surface area contributed by atoms with E-state index in [1.54, 1.807) is 11.1 Å². The average molecular weight is 285 g/mol. The van der Waals surface area contributed by atoms with Gasteiger partial charge in [-0.25, -0.2) is 0 Å². The van der Waals surface area contributed by atoms with Crippen molar-refractivity contribution in [3.8, 4) is 0 Å². The van der Waals surface area contributed by atoms with Crippen LogP contribution in [0.15, 0.2) is 24.3 Å². The summed E-state index contributed by atoms with van der Waals surface area (Å²) in [5.41, 5.74) is 6.00. The number of nitrogens with one attached hydrogen (secondary N) is 1. The fourth-order valence-corrected chi connectivity index (χ4v) is 4.28. The minimum absolute atomic E-state index is 0.343. The molecule has 0 amide bonds. The predicted octanol–water partition coefficient (Wildman–Crippen LogP) is 4.55. The number of aryl methyl sites for hydroxylation is 4. The zero-order valence-corrected chi connectivity index (χ0v) is 13.4. The van der Waals surface area contributed by atoms with E-state index in [0.29, 0.717) is 6.04 Å². The van der Waals surface area contributed by atoms with Gasteiger partial charge in [-0.2, -0.15) is 0 Å². The minimum Gasteiger partial charge on any atom is -0.306 e. The van der Waals surface area contributed by atoms with Gasteiger partial charge in [0.25, 0.3) is 0 Å². The van der Waals surface area contributed by atoms with Gasteiger partial charge < -0.3 is 5.32 Å². The van der Waals surface area contributed by atoms with Gasteiger partial charge >= 0.3 is 0 Å². The fraction of sp³-hybridized carbons (Fsp3) is 0.444. The first-order valence-electron chi connectivity index (χ1n) is 7.61. The van der Waals surface area contributed by atoms with Crippen LogP contribution in [0.4, 0.5) is 0 Å². The number of rotatable bonds is 4. The first kappa shape index (κ1) is 13.8. The Bertz CT molecular complexity index is 612. The third-order valence-electron chi connectivity index (χ3n) is 4.25. The molecule has 1 atom stereocenters. The second-order valence-electron chi connectivity index (χ2n) is 5.74. The zero-order chi connectivity index (χ0) is 14.1. The van der Waals surface area contributed by atoms with E-state index in [-0.39, 0.29) is 0 Å². The molecule has 0 aliphatic heterocycles. The Morgan fingerprint density at radius 3 is 2.65 bits per heavy atom. The molecule has 1 nitrogen and oxygen atoms in total. The molecule has 0 radical (unpaired) electrons. The summed E-state index contributed by atoms with van der Waals surface area (Å²) in [5, 5.41) is 3.67. The number of benzene rings is 1.